The smallest absolute Gasteiger partial charge is 0.231 e. The molecule has 2 aromatic heterocycles. The lowest BCUT2D eigenvalue weighted by Crippen LogP contribution is -2.43. The first-order valence-corrected chi connectivity index (χ1v) is 6.03. The summed E-state index contributed by atoms with van der Waals surface area (Å²) in [6, 6.07) is 5.80. The van der Waals surface area contributed by atoms with Crippen molar-refractivity contribution in [2.45, 2.75) is 18.9 Å². The first-order valence-electron chi connectivity index (χ1n) is 6.03. The van der Waals surface area contributed by atoms with Crippen LogP contribution in [0.5, 0.6) is 0 Å². The maximum Gasteiger partial charge on any atom is 0.231 e. The fraction of sp³-hybridized carbons (Fsp3) is 0.417. The van der Waals surface area contributed by atoms with Crippen LogP contribution >= 0.6 is 0 Å². The predicted molar refractivity (Wildman–Crippen MR) is 67.1 cm³/mol. The second-order valence-electron chi connectivity index (χ2n) is 4.60. The minimum Gasteiger partial charge on any atom is -0.339 e. The van der Waals surface area contributed by atoms with E-state index < -0.39 is 0 Å². The molecule has 2 aromatic rings. The monoisotopic (exact) mass is 242 g/mol. The SMILES string of the molecule is N#Cc1ccn2c(N3CCC[C@@H](N)C3)nnc2c1. The third-order valence-corrected chi connectivity index (χ3v) is 3.26. The molecule has 6 nitrogen and oxygen atoms in total. The molecule has 6 heteroatoms. The van der Waals surface area contributed by atoms with Crippen molar-refractivity contribution in [1.82, 2.24) is 14.6 Å². The summed E-state index contributed by atoms with van der Waals surface area (Å²) in [6.45, 7) is 1.76. The van der Waals surface area contributed by atoms with Crippen molar-refractivity contribution in [3.8, 4) is 6.07 Å². The summed E-state index contributed by atoms with van der Waals surface area (Å²) in [4.78, 5) is 2.15. The zero-order valence-corrected chi connectivity index (χ0v) is 9.95. The molecule has 1 aliphatic rings. The number of hydrogen-bond acceptors (Lipinski definition) is 5. The molecule has 1 atom stereocenters. The number of pyridine rings is 1. The molecule has 92 valence electrons. The largest absolute Gasteiger partial charge is 0.339 e. The van der Waals surface area contributed by atoms with Gasteiger partial charge in [-0.2, -0.15) is 5.26 Å². The van der Waals surface area contributed by atoms with Crippen LogP contribution < -0.4 is 10.6 Å². The molecule has 0 radical (unpaired) electrons. The average molecular weight is 242 g/mol. The molecular weight excluding hydrogens is 228 g/mol. The van der Waals surface area contributed by atoms with Crippen molar-refractivity contribution in [3.05, 3.63) is 23.9 Å². The zero-order valence-electron chi connectivity index (χ0n) is 9.95. The number of nitrogens with two attached hydrogens (primary N) is 1. The van der Waals surface area contributed by atoms with E-state index >= 15 is 0 Å². The van der Waals surface area contributed by atoms with E-state index in [9.17, 15) is 0 Å². The van der Waals surface area contributed by atoms with Crippen molar-refractivity contribution in [1.29, 1.82) is 5.26 Å². The molecule has 0 spiro atoms. The van der Waals surface area contributed by atoms with Crippen LogP contribution in [0.3, 0.4) is 0 Å². The summed E-state index contributed by atoms with van der Waals surface area (Å²) < 4.78 is 1.90. The van der Waals surface area contributed by atoms with Crippen LogP contribution in [0.4, 0.5) is 5.95 Å². The molecule has 18 heavy (non-hydrogen) atoms. The number of hydrogen-bond donors (Lipinski definition) is 1. The van der Waals surface area contributed by atoms with Crippen LogP contribution in [0.1, 0.15) is 18.4 Å². The van der Waals surface area contributed by atoms with E-state index in [-0.39, 0.29) is 6.04 Å². The molecule has 0 amide bonds. The van der Waals surface area contributed by atoms with Gasteiger partial charge in [-0.25, -0.2) is 0 Å². The van der Waals surface area contributed by atoms with Crippen LogP contribution in [0, 0.1) is 11.3 Å². The third kappa shape index (κ3) is 1.79. The molecular formula is C12H14N6. The number of piperidine rings is 1. The van der Waals surface area contributed by atoms with Crippen LogP contribution in [-0.2, 0) is 0 Å². The normalized spacial score (nSPS) is 20.0. The van der Waals surface area contributed by atoms with Gasteiger partial charge in [0, 0.05) is 31.4 Å². The Balaban J connectivity index is 2.00. The summed E-state index contributed by atoms with van der Waals surface area (Å²) in [5, 5.41) is 17.2. The molecule has 3 rings (SSSR count). The van der Waals surface area contributed by atoms with Gasteiger partial charge >= 0.3 is 0 Å². The zero-order chi connectivity index (χ0) is 12.5. The van der Waals surface area contributed by atoms with Gasteiger partial charge in [0.05, 0.1) is 11.6 Å². The standard InChI is InChI=1S/C12H14N6/c13-7-9-3-5-18-11(6-9)15-16-12(18)17-4-1-2-10(14)8-17/h3,5-6,10H,1-2,4,8,14H2/t10-/m1/s1. The van der Waals surface area contributed by atoms with E-state index in [1.165, 1.54) is 0 Å². The van der Waals surface area contributed by atoms with E-state index in [2.05, 4.69) is 21.2 Å². The van der Waals surface area contributed by atoms with Crippen molar-refractivity contribution in [2.24, 2.45) is 5.73 Å². The molecule has 1 fully saturated rings. The van der Waals surface area contributed by atoms with Crippen LogP contribution in [-0.4, -0.2) is 33.7 Å². The highest BCUT2D eigenvalue weighted by Gasteiger charge is 2.20. The van der Waals surface area contributed by atoms with Gasteiger partial charge in [0.25, 0.3) is 0 Å². The quantitative estimate of drug-likeness (QED) is 0.788. The maximum atomic E-state index is 8.85. The van der Waals surface area contributed by atoms with E-state index in [4.69, 9.17) is 11.0 Å². The van der Waals surface area contributed by atoms with Crippen LogP contribution in [0.15, 0.2) is 18.3 Å². The Morgan fingerprint density at radius 2 is 2.33 bits per heavy atom. The summed E-state index contributed by atoms with van der Waals surface area (Å²) >= 11 is 0. The minimum absolute atomic E-state index is 0.199. The Morgan fingerprint density at radius 1 is 1.44 bits per heavy atom. The first kappa shape index (κ1) is 11.0. The van der Waals surface area contributed by atoms with Crippen LogP contribution in [0.25, 0.3) is 5.65 Å². The average Bonchev–Trinajstić information content (AvgIpc) is 2.81. The second-order valence-corrected chi connectivity index (χ2v) is 4.60. The van der Waals surface area contributed by atoms with E-state index in [0.29, 0.717) is 11.2 Å². The predicted octanol–water partition coefficient (Wildman–Crippen LogP) is 0.528. The number of anilines is 1. The Hall–Kier alpha value is -2.13. The molecule has 0 aliphatic carbocycles. The van der Waals surface area contributed by atoms with Gasteiger partial charge in [-0.3, -0.25) is 4.40 Å². The van der Waals surface area contributed by atoms with Gasteiger partial charge in [0.2, 0.25) is 5.95 Å². The molecule has 1 saturated heterocycles. The molecule has 0 bridgehead atoms. The van der Waals surface area contributed by atoms with Gasteiger partial charge in [-0.05, 0) is 18.9 Å². The number of nitriles is 1. The van der Waals surface area contributed by atoms with E-state index in [0.717, 1.165) is 31.9 Å². The van der Waals surface area contributed by atoms with Crippen molar-refractivity contribution >= 4 is 11.6 Å². The minimum atomic E-state index is 0.199. The van der Waals surface area contributed by atoms with E-state index in [1.807, 2.05) is 10.6 Å². The molecule has 2 N–H and O–H groups in total. The van der Waals surface area contributed by atoms with Crippen LogP contribution in [0.2, 0.25) is 0 Å². The van der Waals surface area contributed by atoms with Gasteiger partial charge < -0.3 is 10.6 Å². The summed E-state index contributed by atoms with van der Waals surface area (Å²) in [7, 11) is 0. The molecule has 0 unspecified atom stereocenters. The fourth-order valence-electron chi connectivity index (χ4n) is 2.36. The summed E-state index contributed by atoms with van der Waals surface area (Å²) in [5.74, 6) is 0.810. The van der Waals surface area contributed by atoms with Gasteiger partial charge in [0.15, 0.2) is 5.65 Å². The molecule has 1 aliphatic heterocycles. The fourth-order valence-corrected chi connectivity index (χ4v) is 2.36. The Labute approximate surface area is 105 Å². The molecule has 3 heterocycles. The lowest BCUT2D eigenvalue weighted by molar-refractivity contribution is 0.499. The van der Waals surface area contributed by atoms with Crippen molar-refractivity contribution in [3.63, 3.8) is 0 Å². The number of nitrogens with zero attached hydrogens (tertiary/aromatic N) is 5. The number of fused-ring (bicyclic) bond motifs is 1. The first-order chi connectivity index (χ1) is 8.78. The molecule has 0 aromatic carbocycles. The van der Waals surface area contributed by atoms with Crippen molar-refractivity contribution < 1.29 is 0 Å². The maximum absolute atomic E-state index is 8.85. The van der Waals surface area contributed by atoms with Crippen molar-refractivity contribution in [2.75, 3.05) is 18.0 Å². The van der Waals surface area contributed by atoms with Gasteiger partial charge in [0.1, 0.15) is 0 Å². The Morgan fingerprint density at radius 3 is 3.11 bits per heavy atom. The number of rotatable bonds is 1. The highest BCUT2D eigenvalue weighted by molar-refractivity contribution is 5.51. The topological polar surface area (TPSA) is 83.2 Å². The summed E-state index contributed by atoms with van der Waals surface area (Å²) in [6.07, 6.45) is 3.97. The molecule has 0 saturated carbocycles. The van der Waals surface area contributed by atoms with Gasteiger partial charge in [-0.15, -0.1) is 10.2 Å². The Bertz CT molecular complexity index is 611. The third-order valence-electron chi connectivity index (χ3n) is 3.26. The summed E-state index contributed by atoms with van der Waals surface area (Å²) in [5.41, 5.74) is 7.27. The van der Waals surface area contributed by atoms with E-state index in [1.54, 1.807) is 12.1 Å². The lowest BCUT2D eigenvalue weighted by atomic mass is 10.1. The van der Waals surface area contributed by atoms with Gasteiger partial charge in [-0.1, -0.05) is 0 Å². The highest BCUT2D eigenvalue weighted by atomic mass is 15.4. The second kappa shape index (κ2) is 4.27. The highest BCUT2D eigenvalue weighted by Crippen LogP contribution is 2.18. The lowest BCUT2D eigenvalue weighted by Gasteiger charge is -2.30. The Kier molecular flexibility index (Phi) is 2.61. The number of aromatic nitrogens is 3.